The summed E-state index contributed by atoms with van der Waals surface area (Å²) in [5, 5.41) is 4.80. The lowest BCUT2D eigenvalue weighted by Crippen LogP contribution is -2.36. The molecule has 3 aromatic rings. The molecule has 8 nitrogen and oxygen atoms in total. The molecule has 0 spiro atoms. The van der Waals surface area contributed by atoms with Gasteiger partial charge in [-0.3, -0.25) is 14.6 Å². The SMILES string of the molecule is CCOC(=O)CC1CCN(c2nc3c(cnn3-c3ccccc3)c(=O)[nH]2)CC1. The summed E-state index contributed by atoms with van der Waals surface area (Å²) in [6.45, 7) is 3.70. The molecular formula is C20H23N5O3. The van der Waals surface area contributed by atoms with Gasteiger partial charge in [0.25, 0.3) is 5.56 Å². The van der Waals surface area contributed by atoms with Crippen molar-refractivity contribution in [1.82, 2.24) is 19.7 Å². The van der Waals surface area contributed by atoms with Crippen molar-refractivity contribution in [2.45, 2.75) is 26.2 Å². The first-order chi connectivity index (χ1) is 13.7. The maximum atomic E-state index is 12.5. The Balaban J connectivity index is 1.55. The van der Waals surface area contributed by atoms with Crippen LogP contribution in [-0.4, -0.2) is 45.4 Å². The number of aromatic amines is 1. The normalized spacial score (nSPS) is 15.1. The van der Waals surface area contributed by atoms with Gasteiger partial charge in [0.05, 0.1) is 18.5 Å². The number of nitrogens with zero attached hydrogens (tertiary/aromatic N) is 4. The lowest BCUT2D eigenvalue weighted by molar-refractivity contribution is -0.144. The van der Waals surface area contributed by atoms with Crippen molar-refractivity contribution in [3.05, 3.63) is 46.9 Å². The number of carbonyl (C=O) groups excluding carboxylic acids is 1. The van der Waals surface area contributed by atoms with Crippen LogP contribution in [0.2, 0.25) is 0 Å². The Morgan fingerprint density at radius 2 is 2.00 bits per heavy atom. The fraction of sp³-hybridized carbons (Fsp3) is 0.400. The zero-order valence-electron chi connectivity index (χ0n) is 15.8. The van der Waals surface area contributed by atoms with Crippen molar-refractivity contribution < 1.29 is 9.53 Å². The third-order valence-electron chi connectivity index (χ3n) is 5.10. The molecule has 0 unspecified atom stereocenters. The quantitative estimate of drug-likeness (QED) is 0.682. The zero-order chi connectivity index (χ0) is 19.5. The largest absolute Gasteiger partial charge is 0.466 e. The van der Waals surface area contributed by atoms with Crippen LogP contribution in [0.3, 0.4) is 0 Å². The van der Waals surface area contributed by atoms with E-state index in [0.29, 0.717) is 35.9 Å². The summed E-state index contributed by atoms with van der Waals surface area (Å²) in [7, 11) is 0. The van der Waals surface area contributed by atoms with Crippen LogP contribution in [0, 0.1) is 5.92 Å². The Kier molecular flexibility index (Phi) is 5.10. The second kappa shape index (κ2) is 7.84. The molecule has 0 atom stereocenters. The van der Waals surface area contributed by atoms with E-state index in [2.05, 4.69) is 15.0 Å². The van der Waals surface area contributed by atoms with Crippen molar-refractivity contribution in [2.75, 3.05) is 24.6 Å². The summed E-state index contributed by atoms with van der Waals surface area (Å²) >= 11 is 0. The molecule has 4 rings (SSSR count). The van der Waals surface area contributed by atoms with Crippen LogP contribution in [0.1, 0.15) is 26.2 Å². The first-order valence-electron chi connectivity index (χ1n) is 9.59. The Labute approximate surface area is 162 Å². The molecule has 1 aliphatic heterocycles. The zero-order valence-corrected chi connectivity index (χ0v) is 15.8. The molecule has 0 aliphatic carbocycles. The molecule has 3 heterocycles. The van der Waals surface area contributed by atoms with E-state index in [9.17, 15) is 9.59 Å². The monoisotopic (exact) mass is 381 g/mol. The van der Waals surface area contributed by atoms with Crippen LogP contribution in [0.25, 0.3) is 16.7 Å². The van der Waals surface area contributed by atoms with E-state index in [1.165, 1.54) is 0 Å². The Morgan fingerprint density at radius 1 is 1.25 bits per heavy atom. The van der Waals surface area contributed by atoms with Crippen molar-refractivity contribution in [2.24, 2.45) is 5.92 Å². The smallest absolute Gasteiger partial charge is 0.306 e. The average Bonchev–Trinajstić information content (AvgIpc) is 3.14. The van der Waals surface area contributed by atoms with Gasteiger partial charge in [-0.25, -0.2) is 4.68 Å². The molecule has 1 fully saturated rings. The number of ether oxygens (including phenoxy) is 1. The average molecular weight is 381 g/mol. The Bertz CT molecular complexity index is 1020. The van der Waals surface area contributed by atoms with Gasteiger partial charge in [-0.1, -0.05) is 18.2 Å². The number of H-pyrrole nitrogens is 1. The third kappa shape index (κ3) is 3.62. The van der Waals surface area contributed by atoms with Gasteiger partial charge in [0, 0.05) is 19.5 Å². The van der Waals surface area contributed by atoms with Gasteiger partial charge in [-0.15, -0.1) is 0 Å². The number of aromatic nitrogens is 4. The second-order valence-corrected chi connectivity index (χ2v) is 6.96. The number of nitrogens with one attached hydrogen (secondary N) is 1. The lowest BCUT2D eigenvalue weighted by Gasteiger charge is -2.31. The number of esters is 1. The first-order valence-corrected chi connectivity index (χ1v) is 9.59. The molecule has 8 heteroatoms. The predicted molar refractivity (Wildman–Crippen MR) is 106 cm³/mol. The minimum atomic E-state index is -0.198. The highest BCUT2D eigenvalue weighted by Gasteiger charge is 2.24. The van der Waals surface area contributed by atoms with E-state index in [1.807, 2.05) is 37.3 Å². The molecule has 0 amide bonds. The minimum Gasteiger partial charge on any atom is -0.466 e. The van der Waals surface area contributed by atoms with E-state index in [-0.39, 0.29) is 11.5 Å². The molecule has 2 aromatic heterocycles. The predicted octanol–water partition coefficient (Wildman–Crippen LogP) is 2.28. The van der Waals surface area contributed by atoms with Crippen LogP contribution in [0.5, 0.6) is 0 Å². The lowest BCUT2D eigenvalue weighted by atomic mass is 9.94. The second-order valence-electron chi connectivity index (χ2n) is 6.96. The highest BCUT2D eigenvalue weighted by Crippen LogP contribution is 2.24. The number of fused-ring (bicyclic) bond motifs is 1. The molecule has 28 heavy (non-hydrogen) atoms. The Morgan fingerprint density at radius 3 is 2.71 bits per heavy atom. The van der Waals surface area contributed by atoms with E-state index in [1.54, 1.807) is 10.9 Å². The van der Waals surface area contributed by atoms with Gasteiger partial charge in [0.1, 0.15) is 5.39 Å². The van der Waals surface area contributed by atoms with Crippen LogP contribution in [-0.2, 0) is 9.53 Å². The van der Waals surface area contributed by atoms with Crippen molar-refractivity contribution >= 4 is 23.0 Å². The standard InChI is InChI=1S/C20H23N5O3/c1-2-28-17(26)12-14-8-10-24(11-9-14)20-22-18-16(19(27)23-20)13-21-25(18)15-6-4-3-5-7-15/h3-7,13-14H,2,8-12H2,1H3,(H,22,23,27). The Hall–Kier alpha value is -3.16. The molecule has 1 saturated heterocycles. The summed E-state index contributed by atoms with van der Waals surface area (Å²) in [6, 6.07) is 9.63. The number of anilines is 1. The van der Waals surface area contributed by atoms with Crippen molar-refractivity contribution in [3.8, 4) is 5.69 Å². The summed E-state index contributed by atoms with van der Waals surface area (Å²) < 4.78 is 6.73. The molecule has 0 saturated carbocycles. The van der Waals surface area contributed by atoms with Crippen LogP contribution in [0.15, 0.2) is 41.3 Å². The van der Waals surface area contributed by atoms with Gasteiger partial charge >= 0.3 is 5.97 Å². The molecule has 1 aromatic carbocycles. The maximum Gasteiger partial charge on any atom is 0.306 e. The molecule has 0 bridgehead atoms. The number of hydrogen-bond acceptors (Lipinski definition) is 6. The molecule has 1 N–H and O–H groups in total. The van der Waals surface area contributed by atoms with Crippen LogP contribution >= 0.6 is 0 Å². The summed E-state index contributed by atoms with van der Waals surface area (Å²) in [4.78, 5) is 33.8. The van der Waals surface area contributed by atoms with Gasteiger partial charge in [-0.2, -0.15) is 10.1 Å². The van der Waals surface area contributed by atoms with Crippen LogP contribution in [0.4, 0.5) is 5.95 Å². The number of hydrogen-bond donors (Lipinski definition) is 1. The molecular weight excluding hydrogens is 358 g/mol. The van der Waals surface area contributed by atoms with Crippen molar-refractivity contribution in [3.63, 3.8) is 0 Å². The summed E-state index contributed by atoms with van der Waals surface area (Å²) in [5.74, 6) is 0.714. The molecule has 0 radical (unpaired) electrons. The van der Waals surface area contributed by atoms with Gasteiger partial charge in [0.15, 0.2) is 5.65 Å². The number of para-hydroxylation sites is 1. The van der Waals surface area contributed by atoms with E-state index < -0.39 is 0 Å². The number of carbonyl (C=O) groups is 1. The number of benzene rings is 1. The molecule has 1 aliphatic rings. The fourth-order valence-electron chi connectivity index (χ4n) is 3.62. The van der Waals surface area contributed by atoms with Crippen molar-refractivity contribution in [1.29, 1.82) is 0 Å². The highest BCUT2D eigenvalue weighted by molar-refractivity contribution is 5.76. The third-order valence-corrected chi connectivity index (χ3v) is 5.10. The van der Waals surface area contributed by atoms with Gasteiger partial charge in [0.2, 0.25) is 5.95 Å². The number of rotatable bonds is 5. The topological polar surface area (TPSA) is 93.1 Å². The van der Waals surface area contributed by atoms with Gasteiger partial charge in [-0.05, 0) is 37.8 Å². The minimum absolute atomic E-state index is 0.138. The fourth-order valence-corrected chi connectivity index (χ4v) is 3.62. The van der Waals surface area contributed by atoms with Gasteiger partial charge < -0.3 is 9.64 Å². The summed E-state index contributed by atoms with van der Waals surface area (Å²) in [5.41, 5.74) is 1.20. The highest BCUT2D eigenvalue weighted by atomic mass is 16.5. The van der Waals surface area contributed by atoms with Crippen LogP contribution < -0.4 is 10.5 Å². The first kappa shape index (κ1) is 18.2. The summed E-state index contributed by atoms with van der Waals surface area (Å²) in [6.07, 6.45) is 3.71. The van der Waals surface area contributed by atoms with E-state index in [4.69, 9.17) is 9.72 Å². The van der Waals surface area contributed by atoms with E-state index in [0.717, 1.165) is 31.6 Å². The maximum absolute atomic E-state index is 12.5. The van der Waals surface area contributed by atoms with E-state index >= 15 is 0 Å². The number of piperidine rings is 1. The molecule has 146 valence electrons.